The fraction of sp³-hybridized carbons (Fsp3) is 0.136. The van der Waals surface area contributed by atoms with Gasteiger partial charge in [-0.15, -0.1) is 0 Å². The predicted octanol–water partition coefficient (Wildman–Crippen LogP) is 4.91. The maximum absolute atomic E-state index is 5.23. The normalized spacial score (nSPS) is 11.0. The third-order valence-corrected chi connectivity index (χ3v) is 4.53. The molecule has 3 heteroatoms. The van der Waals surface area contributed by atoms with Crippen molar-refractivity contribution < 1.29 is 4.74 Å². The van der Waals surface area contributed by atoms with Crippen molar-refractivity contribution in [2.24, 2.45) is 0 Å². The van der Waals surface area contributed by atoms with E-state index in [9.17, 15) is 0 Å². The Morgan fingerprint density at radius 2 is 1.72 bits per heavy atom. The van der Waals surface area contributed by atoms with E-state index in [0.717, 1.165) is 29.1 Å². The van der Waals surface area contributed by atoms with E-state index in [0.29, 0.717) is 0 Å². The molecule has 0 atom stereocenters. The van der Waals surface area contributed by atoms with Crippen LogP contribution in [0.25, 0.3) is 16.9 Å². The van der Waals surface area contributed by atoms with Gasteiger partial charge in [-0.2, -0.15) is 0 Å². The van der Waals surface area contributed by atoms with Crippen LogP contribution in [0.3, 0.4) is 0 Å². The first-order valence-corrected chi connectivity index (χ1v) is 8.39. The van der Waals surface area contributed by atoms with Gasteiger partial charge in [0.15, 0.2) is 0 Å². The molecule has 0 aliphatic heterocycles. The Kier molecular flexibility index (Phi) is 3.98. The Hall–Kier alpha value is -3.07. The van der Waals surface area contributed by atoms with Gasteiger partial charge in [-0.3, -0.25) is 0 Å². The van der Waals surface area contributed by atoms with Gasteiger partial charge in [-0.1, -0.05) is 30.3 Å². The van der Waals surface area contributed by atoms with E-state index < -0.39 is 0 Å². The summed E-state index contributed by atoms with van der Waals surface area (Å²) in [6, 6.07) is 20.7. The second kappa shape index (κ2) is 6.44. The Bertz CT molecular complexity index is 1000. The van der Waals surface area contributed by atoms with Crippen LogP contribution in [0.1, 0.15) is 16.7 Å². The minimum absolute atomic E-state index is 0.855. The summed E-state index contributed by atoms with van der Waals surface area (Å²) in [7, 11) is 1.68. The van der Waals surface area contributed by atoms with Crippen LogP contribution in [0, 0.1) is 6.92 Å². The molecule has 2 aromatic carbocycles. The topological polar surface area (TPSA) is 26.5 Å². The molecule has 0 fully saturated rings. The number of aryl methyl sites for hydroxylation is 1. The zero-order valence-corrected chi connectivity index (χ0v) is 14.4. The first kappa shape index (κ1) is 15.5. The lowest BCUT2D eigenvalue weighted by atomic mass is 10.0. The van der Waals surface area contributed by atoms with Gasteiger partial charge in [0, 0.05) is 18.0 Å². The van der Waals surface area contributed by atoms with E-state index in [2.05, 4.69) is 60.1 Å². The summed E-state index contributed by atoms with van der Waals surface area (Å²) < 4.78 is 7.33. The van der Waals surface area contributed by atoms with E-state index in [-0.39, 0.29) is 0 Å². The highest BCUT2D eigenvalue weighted by Gasteiger charge is 2.08. The molecule has 0 spiro atoms. The van der Waals surface area contributed by atoms with E-state index in [1.54, 1.807) is 7.11 Å². The predicted molar refractivity (Wildman–Crippen MR) is 101 cm³/mol. The Morgan fingerprint density at radius 3 is 2.44 bits per heavy atom. The molecule has 0 bridgehead atoms. The van der Waals surface area contributed by atoms with Crippen molar-refractivity contribution in [1.29, 1.82) is 0 Å². The molecule has 124 valence electrons. The van der Waals surface area contributed by atoms with Gasteiger partial charge in [0.1, 0.15) is 11.4 Å². The molecule has 0 radical (unpaired) electrons. The third kappa shape index (κ3) is 3.13. The van der Waals surface area contributed by atoms with Gasteiger partial charge in [-0.05, 0) is 60.4 Å². The zero-order valence-electron chi connectivity index (χ0n) is 14.4. The molecule has 0 N–H and O–H groups in total. The molecule has 4 rings (SSSR count). The molecule has 2 aromatic heterocycles. The summed E-state index contributed by atoms with van der Waals surface area (Å²) in [5, 5.41) is 0. The first-order valence-electron chi connectivity index (χ1n) is 8.39. The number of hydrogen-bond donors (Lipinski definition) is 0. The fourth-order valence-corrected chi connectivity index (χ4v) is 3.09. The molecule has 0 saturated heterocycles. The lowest BCUT2D eigenvalue weighted by Gasteiger charge is -2.07. The number of aromatic nitrogens is 2. The highest BCUT2D eigenvalue weighted by molar-refractivity contribution is 5.64. The van der Waals surface area contributed by atoms with Crippen LogP contribution in [0.15, 0.2) is 73.1 Å². The highest BCUT2D eigenvalue weighted by Crippen LogP contribution is 2.24. The molecule has 0 saturated carbocycles. The lowest BCUT2D eigenvalue weighted by Crippen LogP contribution is -1.95. The van der Waals surface area contributed by atoms with Crippen molar-refractivity contribution in [2.45, 2.75) is 13.3 Å². The number of methoxy groups -OCH3 is 1. The zero-order chi connectivity index (χ0) is 17.2. The average Bonchev–Trinajstić information content (AvgIpc) is 3.05. The number of ether oxygens (including phenoxy) is 1. The SMILES string of the molecule is COc1ccc(-c2cn3cc(C)c(Cc4ccccc4)cc3n2)cc1. The molecule has 3 nitrogen and oxygen atoms in total. The number of rotatable bonds is 4. The summed E-state index contributed by atoms with van der Waals surface area (Å²) in [6.45, 7) is 2.16. The molecular formula is C22H20N2O. The maximum Gasteiger partial charge on any atom is 0.137 e. The molecule has 4 aromatic rings. The van der Waals surface area contributed by atoms with Gasteiger partial charge in [-0.25, -0.2) is 4.98 Å². The monoisotopic (exact) mass is 328 g/mol. The van der Waals surface area contributed by atoms with Crippen LogP contribution in [-0.2, 0) is 6.42 Å². The minimum atomic E-state index is 0.855. The highest BCUT2D eigenvalue weighted by atomic mass is 16.5. The molecule has 25 heavy (non-hydrogen) atoms. The summed E-state index contributed by atoms with van der Waals surface area (Å²) in [5.41, 5.74) is 6.94. The van der Waals surface area contributed by atoms with Crippen LogP contribution in [-0.4, -0.2) is 16.5 Å². The second-order valence-electron chi connectivity index (χ2n) is 6.26. The number of fused-ring (bicyclic) bond motifs is 1. The van der Waals surface area contributed by atoms with Crippen molar-refractivity contribution in [1.82, 2.24) is 9.38 Å². The van der Waals surface area contributed by atoms with Crippen LogP contribution in [0.2, 0.25) is 0 Å². The van der Waals surface area contributed by atoms with Gasteiger partial charge in [0.05, 0.1) is 12.8 Å². The van der Waals surface area contributed by atoms with Gasteiger partial charge < -0.3 is 9.14 Å². The number of nitrogens with zero attached hydrogens (tertiary/aromatic N) is 2. The molecular weight excluding hydrogens is 308 g/mol. The van der Waals surface area contributed by atoms with Crippen molar-refractivity contribution >= 4 is 5.65 Å². The van der Waals surface area contributed by atoms with Gasteiger partial charge in [0.2, 0.25) is 0 Å². The first-order chi connectivity index (χ1) is 12.2. The van der Waals surface area contributed by atoms with E-state index in [1.807, 2.05) is 24.3 Å². The molecule has 0 unspecified atom stereocenters. The van der Waals surface area contributed by atoms with Crippen LogP contribution in [0.5, 0.6) is 5.75 Å². The third-order valence-electron chi connectivity index (χ3n) is 4.53. The summed E-state index contributed by atoms with van der Waals surface area (Å²) in [4.78, 5) is 4.80. The largest absolute Gasteiger partial charge is 0.497 e. The number of imidazole rings is 1. The summed E-state index contributed by atoms with van der Waals surface area (Å²) in [6.07, 6.45) is 5.16. The second-order valence-corrected chi connectivity index (χ2v) is 6.26. The van der Waals surface area contributed by atoms with Gasteiger partial charge >= 0.3 is 0 Å². The van der Waals surface area contributed by atoms with Crippen molar-refractivity contribution in [2.75, 3.05) is 7.11 Å². The summed E-state index contributed by atoms with van der Waals surface area (Å²) >= 11 is 0. The minimum Gasteiger partial charge on any atom is -0.497 e. The lowest BCUT2D eigenvalue weighted by molar-refractivity contribution is 0.415. The van der Waals surface area contributed by atoms with Crippen molar-refractivity contribution in [3.8, 4) is 17.0 Å². The standard InChI is InChI=1S/C22H20N2O/c1-16-14-24-15-21(18-8-10-20(25-2)11-9-18)23-22(24)13-19(16)12-17-6-4-3-5-7-17/h3-11,13-15H,12H2,1-2H3. The smallest absolute Gasteiger partial charge is 0.137 e. The number of benzene rings is 2. The maximum atomic E-state index is 5.23. The van der Waals surface area contributed by atoms with E-state index in [1.165, 1.54) is 16.7 Å². The molecule has 0 aliphatic carbocycles. The number of hydrogen-bond acceptors (Lipinski definition) is 2. The Morgan fingerprint density at radius 1 is 0.960 bits per heavy atom. The molecule has 0 aliphatic rings. The van der Waals surface area contributed by atoms with Gasteiger partial charge in [0.25, 0.3) is 0 Å². The Balaban J connectivity index is 1.70. The van der Waals surface area contributed by atoms with Crippen LogP contribution < -0.4 is 4.74 Å². The van der Waals surface area contributed by atoms with Crippen molar-refractivity contribution in [3.63, 3.8) is 0 Å². The van der Waals surface area contributed by atoms with Crippen LogP contribution >= 0.6 is 0 Å². The number of pyridine rings is 1. The van der Waals surface area contributed by atoms with Crippen molar-refractivity contribution in [3.05, 3.63) is 89.7 Å². The molecule has 0 amide bonds. The fourth-order valence-electron chi connectivity index (χ4n) is 3.09. The van der Waals surface area contributed by atoms with E-state index in [4.69, 9.17) is 9.72 Å². The van der Waals surface area contributed by atoms with E-state index >= 15 is 0 Å². The summed E-state index contributed by atoms with van der Waals surface area (Å²) in [5.74, 6) is 0.855. The average molecular weight is 328 g/mol. The molecule has 2 heterocycles. The Labute approximate surface area is 147 Å². The quantitative estimate of drug-likeness (QED) is 0.532. The van der Waals surface area contributed by atoms with Crippen LogP contribution in [0.4, 0.5) is 0 Å².